The predicted molar refractivity (Wildman–Crippen MR) is 208 cm³/mol. The van der Waals surface area contributed by atoms with Crippen LogP contribution in [0.3, 0.4) is 0 Å². The molecule has 0 heterocycles. The standard InChI is InChI=1S/C46H41O3P/c47-42-27-21-39(22-28-42)46(40-23-29-43(48)30-24-40)41-25-31-44(32-26-41)49-50(45-19-11-4-12-20-45,33-36-13-5-1-6-14-36,34-37-15-7-2-8-16-37)35-38-17-9-3-10-18-38/h1-32,46-48H,33-35H2. The van der Waals surface area contributed by atoms with Gasteiger partial charge in [0.15, 0.2) is 0 Å². The summed E-state index contributed by atoms with van der Waals surface area (Å²) in [5, 5.41) is 21.3. The van der Waals surface area contributed by atoms with Gasteiger partial charge in [-0.05, 0) is 0 Å². The topological polar surface area (TPSA) is 49.7 Å². The molecular formula is C46H41O3P. The molecule has 0 atom stereocenters. The van der Waals surface area contributed by atoms with Gasteiger partial charge >= 0.3 is 296 Å². The Morgan fingerprint density at radius 2 is 0.700 bits per heavy atom. The Morgan fingerprint density at radius 3 is 1.06 bits per heavy atom. The molecule has 0 amide bonds. The molecule has 50 heavy (non-hydrogen) atoms. The number of hydrogen-bond acceptors (Lipinski definition) is 3. The Balaban J connectivity index is 1.40. The normalized spacial score (nSPS) is 12.2. The third-order valence-corrected chi connectivity index (χ3v) is 15.2. The van der Waals surface area contributed by atoms with Crippen LogP contribution in [0, 0.1) is 0 Å². The van der Waals surface area contributed by atoms with Crippen molar-refractivity contribution >= 4 is 12.1 Å². The Kier molecular flexibility index (Phi) is 9.52. The summed E-state index contributed by atoms with van der Waals surface area (Å²) in [5.41, 5.74) is 6.92. The van der Waals surface area contributed by atoms with Crippen LogP contribution in [0.5, 0.6) is 17.2 Å². The molecule has 7 rings (SSSR count). The fourth-order valence-electron chi connectivity index (χ4n) is 7.33. The van der Waals surface area contributed by atoms with Crippen LogP contribution < -0.4 is 9.83 Å². The monoisotopic (exact) mass is 672 g/mol. The van der Waals surface area contributed by atoms with E-state index in [1.165, 1.54) is 22.0 Å². The van der Waals surface area contributed by atoms with Gasteiger partial charge in [-0.25, -0.2) is 0 Å². The second-order valence-corrected chi connectivity index (χ2v) is 18.1. The molecule has 0 aliphatic rings. The molecule has 7 aromatic carbocycles. The molecule has 2 N–H and O–H groups in total. The van der Waals surface area contributed by atoms with E-state index in [4.69, 9.17) is 4.52 Å². The average Bonchev–Trinajstić information content (AvgIpc) is 3.16. The van der Waals surface area contributed by atoms with Crippen LogP contribution in [0.2, 0.25) is 0 Å². The van der Waals surface area contributed by atoms with Gasteiger partial charge in [-0.2, -0.15) is 0 Å². The van der Waals surface area contributed by atoms with Crippen molar-refractivity contribution in [3.05, 3.63) is 228 Å². The van der Waals surface area contributed by atoms with Crippen molar-refractivity contribution in [2.24, 2.45) is 0 Å². The van der Waals surface area contributed by atoms with Crippen molar-refractivity contribution in [2.45, 2.75) is 24.4 Å². The predicted octanol–water partition coefficient (Wildman–Crippen LogP) is 11.1. The van der Waals surface area contributed by atoms with Crippen LogP contribution in [-0.4, -0.2) is 10.2 Å². The second-order valence-electron chi connectivity index (χ2n) is 13.2. The first-order chi connectivity index (χ1) is 24.5. The number of benzene rings is 7. The van der Waals surface area contributed by atoms with Gasteiger partial charge < -0.3 is 0 Å². The van der Waals surface area contributed by atoms with Gasteiger partial charge in [0.1, 0.15) is 0 Å². The summed E-state index contributed by atoms with van der Waals surface area (Å²) in [4.78, 5) is 0. The van der Waals surface area contributed by atoms with Crippen molar-refractivity contribution in [3.8, 4) is 17.2 Å². The Hall–Kier alpha value is -5.63. The van der Waals surface area contributed by atoms with Crippen LogP contribution in [0.25, 0.3) is 0 Å². The molecule has 0 aromatic heterocycles. The first kappa shape index (κ1) is 32.9. The van der Waals surface area contributed by atoms with E-state index in [2.05, 4.69) is 146 Å². The SMILES string of the molecule is Oc1ccc(C(c2ccc(O)cc2)c2ccc(OP(Cc3ccccc3)(Cc3ccccc3)(Cc3ccccc3)c3ccccc3)cc2)cc1. The molecule has 4 heteroatoms. The Bertz CT molecular complexity index is 1950. The molecule has 0 saturated heterocycles. The zero-order valence-corrected chi connectivity index (χ0v) is 28.8. The molecular weight excluding hydrogens is 631 g/mol. The van der Waals surface area contributed by atoms with E-state index in [0.717, 1.165) is 40.9 Å². The molecule has 0 aliphatic heterocycles. The fourth-order valence-corrected chi connectivity index (χ4v) is 13.3. The zero-order chi connectivity index (χ0) is 34.3. The van der Waals surface area contributed by atoms with Crippen molar-refractivity contribution in [2.75, 3.05) is 0 Å². The molecule has 0 spiro atoms. The van der Waals surface area contributed by atoms with Gasteiger partial charge in [0, 0.05) is 0 Å². The molecule has 0 unspecified atom stereocenters. The van der Waals surface area contributed by atoms with Gasteiger partial charge in [0.2, 0.25) is 0 Å². The number of hydrogen-bond donors (Lipinski definition) is 2. The molecule has 0 bridgehead atoms. The van der Waals surface area contributed by atoms with Crippen LogP contribution in [0.15, 0.2) is 194 Å². The van der Waals surface area contributed by atoms with Crippen molar-refractivity contribution in [1.82, 2.24) is 0 Å². The molecule has 0 fully saturated rings. The van der Waals surface area contributed by atoms with Crippen molar-refractivity contribution < 1.29 is 14.7 Å². The van der Waals surface area contributed by atoms with E-state index >= 15 is 0 Å². The Morgan fingerprint density at radius 1 is 0.380 bits per heavy atom. The quantitative estimate of drug-likeness (QED) is 0.100. The third-order valence-electron chi connectivity index (χ3n) is 9.60. The van der Waals surface area contributed by atoms with E-state index in [1.54, 1.807) is 24.3 Å². The van der Waals surface area contributed by atoms with E-state index in [9.17, 15) is 10.2 Å². The van der Waals surface area contributed by atoms with E-state index < -0.39 is 6.83 Å². The maximum atomic E-state index is 10.0. The van der Waals surface area contributed by atoms with E-state index in [1.807, 2.05) is 24.3 Å². The minimum absolute atomic E-state index is 0.104. The third kappa shape index (κ3) is 7.20. The van der Waals surface area contributed by atoms with Crippen molar-refractivity contribution in [1.29, 1.82) is 0 Å². The first-order valence-corrected chi connectivity index (χ1v) is 19.7. The van der Waals surface area contributed by atoms with Gasteiger partial charge in [0.25, 0.3) is 0 Å². The molecule has 0 aliphatic carbocycles. The summed E-state index contributed by atoms with van der Waals surface area (Å²) >= 11 is 0. The Labute approximate surface area is 295 Å². The summed E-state index contributed by atoms with van der Waals surface area (Å²) in [5.74, 6) is 1.18. The van der Waals surface area contributed by atoms with Gasteiger partial charge in [-0.1, -0.05) is 0 Å². The molecule has 7 aromatic rings. The maximum absolute atomic E-state index is 10.0. The van der Waals surface area contributed by atoms with Crippen LogP contribution >= 0.6 is 6.83 Å². The summed E-state index contributed by atoms with van der Waals surface area (Å²) in [6.07, 6.45) is 2.31. The summed E-state index contributed by atoms with van der Waals surface area (Å²) in [6.45, 7) is -3.46. The first-order valence-electron chi connectivity index (χ1n) is 17.0. The number of rotatable bonds is 12. The molecule has 248 valence electrons. The zero-order valence-electron chi connectivity index (χ0n) is 27.9. The van der Waals surface area contributed by atoms with E-state index in [0.29, 0.717) is 0 Å². The molecule has 0 radical (unpaired) electrons. The van der Waals surface area contributed by atoms with Gasteiger partial charge in [-0.15, -0.1) is 0 Å². The second kappa shape index (κ2) is 14.5. The van der Waals surface area contributed by atoms with Gasteiger partial charge in [-0.3, -0.25) is 0 Å². The number of aromatic hydroxyl groups is 2. The van der Waals surface area contributed by atoms with Crippen LogP contribution in [0.4, 0.5) is 0 Å². The molecule has 3 nitrogen and oxygen atoms in total. The van der Waals surface area contributed by atoms with Gasteiger partial charge in [0.05, 0.1) is 0 Å². The average molecular weight is 673 g/mol. The summed E-state index contributed by atoms with van der Waals surface area (Å²) in [6, 6.07) is 66.5. The van der Waals surface area contributed by atoms with Crippen molar-refractivity contribution in [3.63, 3.8) is 0 Å². The van der Waals surface area contributed by atoms with E-state index in [-0.39, 0.29) is 17.4 Å². The van der Waals surface area contributed by atoms with Crippen LogP contribution in [-0.2, 0) is 18.5 Å². The summed E-state index contributed by atoms with van der Waals surface area (Å²) in [7, 11) is 0. The fraction of sp³-hybridized carbons (Fsp3) is 0.0870. The molecule has 0 saturated carbocycles. The number of phenols is 2. The minimum atomic E-state index is -3.46. The summed E-state index contributed by atoms with van der Waals surface area (Å²) < 4.78 is 7.83. The van der Waals surface area contributed by atoms with Crippen LogP contribution in [0.1, 0.15) is 39.3 Å². The number of phenolic OH excluding ortho intramolecular Hbond substituents is 2.